The van der Waals surface area contributed by atoms with Crippen LogP contribution in [0.4, 0.5) is 9.18 Å². The Hall–Kier alpha value is -2.48. The summed E-state index contributed by atoms with van der Waals surface area (Å²) >= 11 is 0. The molecule has 2 fully saturated rings. The van der Waals surface area contributed by atoms with Crippen LogP contribution in [-0.2, 0) is 16.1 Å². The normalized spacial score (nSPS) is 24.3. The summed E-state index contributed by atoms with van der Waals surface area (Å²) in [6.07, 6.45) is 3.58. The number of likely N-dealkylation sites (N-methyl/N-ethyl adjacent to an activating group) is 1. The van der Waals surface area contributed by atoms with E-state index in [1.54, 1.807) is 17.0 Å². The zero-order chi connectivity index (χ0) is 21.0. The van der Waals surface area contributed by atoms with Crippen LogP contribution in [0.25, 0.3) is 0 Å². The van der Waals surface area contributed by atoms with Gasteiger partial charge in [-0.25, -0.2) is 14.1 Å². The van der Waals surface area contributed by atoms with E-state index < -0.39 is 5.54 Å². The fourth-order valence-corrected chi connectivity index (χ4v) is 4.15. The van der Waals surface area contributed by atoms with Crippen molar-refractivity contribution in [2.75, 3.05) is 19.8 Å². The van der Waals surface area contributed by atoms with Crippen molar-refractivity contribution < 1.29 is 18.8 Å². The van der Waals surface area contributed by atoms with E-state index in [2.05, 4.69) is 10.6 Å². The molecule has 4 amide bonds. The number of halogens is 1. The van der Waals surface area contributed by atoms with Crippen molar-refractivity contribution in [3.8, 4) is 0 Å². The number of benzene rings is 1. The number of imide groups is 1. The summed E-state index contributed by atoms with van der Waals surface area (Å²) in [5.41, 5.74) is 0.00434. The molecule has 2 N–H and O–H groups in total. The molecule has 7 nitrogen and oxygen atoms in total. The molecule has 29 heavy (non-hydrogen) atoms. The smallest absolute Gasteiger partial charge is 0.326 e. The second-order valence-electron chi connectivity index (χ2n) is 7.97. The van der Waals surface area contributed by atoms with Gasteiger partial charge in [-0.15, -0.1) is 0 Å². The Kier molecular flexibility index (Phi) is 6.52. The van der Waals surface area contributed by atoms with Crippen LogP contribution in [0.3, 0.4) is 0 Å². The molecule has 1 aromatic rings. The molecule has 158 valence electrons. The van der Waals surface area contributed by atoms with E-state index in [-0.39, 0.29) is 42.8 Å². The average molecular weight is 404 g/mol. The second-order valence-corrected chi connectivity index (χ2v) is 7.97. The van der Waals surface area contributed by atoms with Gasteiger partial charge in [-0.05, 0) is 43.0 Å². The largest absolute Gasteiger partial charge is 0.351 e. The number of carbonyl (C=O) groups is 3. The Morgan fingerprint density at radius 2 is 2.03 bits per heavy atom. The molecule has 1 aliphatic carbocycles. The summed E-state index contributed by atoms with van der Waals surface area (Å²) < 4.78 is 13.0. The summed E-state index contributed by atoms with van der Waals surface area (Å²) in [6.45, 7) is 4.85. The highest BCUT2D eigenvalue weighted by Gasteiger charge is 2.55. The monoisotopic (exact) mass is 404 g/mol. The lowest BCUT2D eigenvalue weighted by Crippen LogP contribution is -2.54. The van der Waals surface area contributed by atoms with Crippen LogP contribution >= 0.6 is 0 Å². The molecule has 3 rings (SSSR count). The fourth-order valence-electron chi connectivity index (χ4n) is 4.15. The third-order valence-electron chi connectivity index (χ3n) is 6.06. The van der Waals surface area contributed by atoms with Gasteiger partial charge in [0.1, 0.15) is 11.4 Å². The minimum atomic E-state index is -0.792. The van der Waals surface area contributed by atoms with E-state index in [0.29, 0.717) is 19.5 Å². The zero-order valence-corrected chi connectivity index (χ0v) is 17.0. The number of carbonyl (C=O) groups excluding carboxylic acids is 3. The van der Waals surface area contributed by atoms with Gasteiger partial charge in [0.05, 0.1) is 13.2 Å². The molecule has 1 spiro atoms. The molecule has 0 bridgehead atoms. The molecule has 1 heterocycles. The molecule has 0 radical (unpaired) electrons. The minimum Gasteiger partial charge on any atom is -0.351 e. The predicted molar refractivity (Wildman–Crippen MR) is 106 cm³/mol. The van der Waals surface area contributed by atoms with Crippen LogP contribution in [0.5, 0.6) is 0 Å². The minimum absolute atomic E-state index is 0.0668. The molecule has 1 aromatic carbocycles. The Bertz CT molecular complexity index is 770. The average Bonchev–Trinajstić information content (AvgIpc) is 2.94. The Morgan fingerprint density at radius 3 is 2.69 bits per heavy atom. The Balaban J connectivity index is 1.56. The van der Waals surface area contributed by atoms with Crippen LogP contribution in [0, 0.1) is 11.7 Å². The van der Waals surface area contributed by atoms with Crippen molar-refractivity contribution in [2.45, 2.75) is 51.6 Å². The molecule has 1 saturated heterocycles. The maximum absolute atomic E-state index is 13.1. The summed E-state index contributed by atoms with van der Waals surface area (Å²) in [4.78, 5) is 40.9. The van der Waals surface area contributed by atoms with Gasteiger partial charge in [-0.2, -0.15) is 0 Å². The number of urea groups is 1. The molecule has 2 atom stereocenters. The molecule has 0 unspecified atom stereocenters. The molecular weight excluding hydrogens is 375 g/mol. The molecule has 1 saturated carbocycles. The van der Waals surface area contributed by atoms with Gasteiger partial charge in [0.15, 0.2) is 0 Å². The van der Waals surface area contributed by atoms with E-state index >= 15 is 0 Å². The summed E-state index contributed by atoms with van der Waals surface area (Å²) in [6, 6.07) is 5.55. The molecule has 0 aromatic heterocycles. The quantitative estimate of drug-likeness (QED) is 0.683. The summed E-state index contributed by atoms with van der Waals surface area (Å²) in [7, 11) is 0. The van der Waals surface area contributed by atoms with Crippen molar-refractivity contribution in [1.82, 2.24) is 20.4 Å². The van der Waals surface area contributed by atoms with Gasteiger partial charge in [0.25, 0.3) is 5.91 Å². The maximum atomic E-state index is 13.1. The van der Waals surface area contributed by atoms with Gasteiger partial charge in [0, 0.05) is 6.54 Å². The van der Waals surface area contributed by atoms with Crippen molar-refractivity contribution in [1.29, 1.82) is 0 Å². The van der Waals surface area contributed by atoms with Crippen LogP contribution < -0.4 is 10.6 Å². The molecule has 1 aliphatic heterocycles. The predicted octanol–water partition coefficient (Wildman–Crippen LogP) is 2.22. The Labute approximate surface area is 170 Å². The number of nitrogens with zero attached hydrogens (tertiary/aromatic N) is 2. The zero-order valence-electron chi connectivity index (χ0n) is 17.0. The summed E-state index contributed by atoms with van der Waals surface area (Å²) in [5, 5.41) is 5.72. The number of hydrogen-bond acceptors (Lipinski definition) is 4. The van der Waals surface area contributed by atoms with Gasteiger partial charge in [0.2, 0.25) is 5.91 Å². The van der Waals surface area contributed by atoms with E-state index in [1.807, 2.05) is 13.8 Å². The van der Waals surface area contributed by atoms with Gasteiger partial charge >= 0.3 is 6.03 Å². The van der Waals surface area contributed by atoms with Gasteiger partial charge in [-0.3, -0.25) is 14.5 Å². The van der Waals surface area contributed by atoms with E-state index in [1.165, 1.54) is 17.0 Å². The first-order valence-corrected chi connectivity index (χ1v) is 10.2. The lowest BCUT2D eigenvalue weighted by molar-refractivity contribution is -0.136. The molecular formula is C21H29FN4O3. The second kappa shape index (κ2) is 8.90. The third kappa shape index (κ3) is 4.58. The van der Waals surface area contributed by atoms with Crippen molar-refractivity contribution >= 4 is 17.8 Å². The van der Waals surface area contributed by atoms with Crippen molar-refractivity contribution in [2.24, 2.45) is 5.92 Å². The first kappa shape index (κ1) is 21.2. The maximum Gasteiger partial charge on any atom is 0.326 e. The number of nitrogens with one attached hydrogen (secondary N) is 2. The third-order valence-corrected chi connectivity index (χ3v) is 6.06. The highest BCUT2D eigenvalue weighted by Crippen LogP contribution is 2.38. The summed E-state index contributed by atoms with van der Waals surface area (Å²) in [5.74, 6) is -0.619. The number of hydrogen-bond donors (Lipinski definition) is 2. The lowest BCUT2D eigenvalue weighted by atomic mass is 9.73. The van der Waals surface area contributed by atoms with Gasteiger partial charge < -0.3 is 10.6 Å². The van der Waals surface area contributed by atoms with Crippen LogP contribution in [0.2, 0.25) is 0 Å². The highest BCUT2D eigenvalue weighted by molar-refractivity contribution is 6.07. The Morgan fingerprint density at radius 1 is 1.31 bits per heavy atom. The van der Waals surface area contributed by atoms with Crippen molar-refractivity contribution in [3.05, 3.63) is 35.6 Å². The van der Waals surface area contributed by atoms with Crippen LogP contribution in [0.1, 0.15) is 45.1 Å². The molecule has 8 heteroatoms. The van der Waals surface area contributed by atoms with E-state index in [4.69, 9.17) is 0 Å². The van der Waals surface area contributed by atoms with Gasteiger partial charge in [-0.1, -0.05) is 38.8 Å². The lowest BCUT2D eigenvalue weighted by Gasteiger charge is -2.37. The van der Waals surface area contributed by atoms with E-state index in [9.17, 15) is 18.8 Å². The standard InChI is InChI=1S/C21H29FN4O3/c1-3-25(13-18(27)23-12-16-7-9-17(22)10-8-16)14-26-19(28)21(24-20(26)29)11-5-4-6-15(21)2/h7-10,15H,3-6,11-14H2,1-2H3,(H,23,27)(H,24,29)/t15-,21+/m1/s1. The molecule has 2 aliphatic rings. The van der Waals surface area contributed by atoms with Crippen molar-refractivity contribution in [3.63, 3.8) is 0 Å². The first-order valence-electron chi connectivity index (χ1n) is 10.2. The fraction of sp³-hybridized carbons (Fsp3) is 0.571. The topological polar surface area (TPSA) is 81.8 Å². The number of rotatable bonds is 7. The SMILES string of the molecule is CCN(CC(=O)NCc1ccc(F)cc1)CN1C(=O)N[C@]2(CCCC[C@H]2C)C1=O. The van der Waals surface area contributed by atoms with Crippen LogP contribution in [0.15, 0.2) is 24.3 Å². The van der Waals surface area contributed by atoms with E-state index in [0.717, 1.165) is 24.8 Å². The first-order chi connectivity index (χ1) is 13.9. The number of amides is 4. The van der Waals surface area contributed by atoms with Crippen LogP contribution in [-0.4, -0.2) is 52.9 Å². The highest BCUT2D eigenvalue weighted by atomic mass is 19.1.